The molecule has 0 aliphatic rings. The fraction of sp³-hybridized carbons (Fsp3) is 0.462. The molecule has 0 radical (unpaired) electrons. The SMILES string of the molecule is CC(C)(C)OC(=O)NCCC=Cc1ccc(=O)[nH]n1. The van der Waals surface area contributed by atoms with Crippen molar-refractivity contribution in [2.75, 3.05) is 6.54 Å². The molecule has 0 saturated heterocycles. The van der Waals surface area contributed by atoms with Crippen LogP contribution in [0.15, 0.2) is 23.0 Å². The van der Waals surface area contributed by atoms with Gasteiger partial charge in [-0.15, -0.1) is 0 Å². The maximum atomic E-state index is 11.3. The van der Waals surface area contributed by atoms with Gasteiger partial charge in [-0.2, -0.15) is 5.10 Å². The number of hydrogen-bond donors (Lipinski definition) is 2. The number of carbonyl (C=O) groups is 1. The van der Waals surface area contributed by atoms with Crippen LogP contribution in [0.1, 0.15) is 32.9 Å². The molecule has 0 bridgehead atoms. The average Bonchev–Trinajstić information content (AvgIpc) is 2.29. The lowest BCUT2D eigenvalue weighted by Crippen LogP contribution is -2.32. The molecule has 0 fully saturated rings. The monoisotopic (exact) mass is 265 g/mol. The van der Waals surface area contributed by atoms with Gasteiger partial charge in [0.05, 0.1) is 5.69 Å². The highest BCUT2D eigenvalue weighted by Gasteiger charge is 2.14. The second-order valence-electron chi connectivity index (χ2n) is 4.97. The first-order valence-corrected chi connectivity index (χ1v) is 6.06. The minimum atomic E-state index is -0.486. The quantitative estimate of drug-likeness (QED) is 0.811. The van der Waals surface area contributed by atoms with E-state index in [0.29, 0.717) is 18.7 Å². The Kier molecular flexibility index (Phi) is 5.29. The molecule has 0 atom stereocenters. The van der Waals surface area contributed by atoms with Crippen LogP contribution in [-0.4, -0.2) is 28.4 Å². The van der Waals surface area contributed by atoms with Crippen LogP contribution in [0.3, 0.4) is 0 Å². The fourth-order valence-corrected chi connectivity index (χ4v) is 1.22. The van der Waals surface area contributed by atoms with Crippen molar-refractivity contribution in [2.45, 2.75) is 32.8 Å². The molecule has 0 unspecified atom stereocenters. The smallest absolute Gasteiger partial charge is 0.407 e. The third-order valence-electron chi connectivity index (χ3n) is 1.97. The van der Waals surface area contributed by atoms with E-state index in [0.717, 1.165) is 0 Å². The number of hydrogen-bond acceptors (Lipinski definition) is 4. The van der Waals surface area contributed by atoms with Crippen LogP contribution in [0.2, 0.25) is 0 Å². The van der Waals surface area contributed by atoms with E-state index in [1.807, 2.05) is 26.8 Å². The highest BCUT2D eigenvalue weighted by molar-refractivity contribution is 5.67. The summed E-state index contributed by atoms with van der Waals surface area (Å²) in [4.78, 5) is 22.1. The molecule has 6 nitrogen and oxygen atoms in total. The summed E-state index contributed by atoms with van der Waals surface area (Å²) in [5, 5.41) is 8.81. The van der Waals surface area contributed by atoms with Crippen molar-refractivity contribution in [2.24, 2.45) is 0 Å². The van der Waals surface area contributed by atoms with Crippen LogP contribution in [0.25, 0.3) is 6.08 Å². The normalized spacial score (nSPS) is 11.5. The Morgan fingerprint density at radius 3 is 2.79 bits per heavy atom. The lowest BCUT2D eigenvalue weighted by atomic mass is 10.2. The number of nitrogens with zero attached hydrogens (tertiary/aromatic N) is 1. The third-order valence-corrected chi connectivity index (χ3v) is 1.97. The van der Waals surface area contributed by atoms with Gasteiger partial charge >= 0.3 is 6.09 Å². The predicted molar refractivity (Wildman–Crippen MR) is 72.7 cm³/mol. The first-order chi connectivity index (χ1) is 8.87. The molecule has 2 N–H and O–H groups in total. The predicted octanol–water partition coefficient (Wildman–Crippen LogP) is 1.70. The van der Waals surface area contributed by atoms with Crippen molar-refractivity contribution in [3.05, 3.63) is 34.3 Å². The van der Waals surface area contributed by atoms with Gasteiger partial charge in [0.25, 0.3) is 5.56 Å². The molecule has 104 valence electrons. The molecular weight excluding hydrogens is 246 g/mol. The molecule has 1 aromatic heterocycles. The molecular formula is C13H19N3O3. The third kappa shape index (κ3) is 7.03. The Bertz CT molecular complexity index is 480. The lowest BCUT2D eigenvalue weighted by Gasteiger charge is -2.19. The summed E-state index contributed by atoms with van der Waals surface area (Å²) in [5.41, 5.74) is -0.0552. The maximum absolute atomic E-state index is 11.3. The number of aromatic nitrogens is 2. The van der Waals surface area contributed by atoms with Crippen LogP contribution in [0.5, 0.6) is 0 Å². The number of alkyl carbamates (subject to hydrolysis) is 1. The standard InChI is InChI=1S/C13H19N3O3/c1-13(2,3)19-12(18)14-9-5-4-6-10-7-8-11(17)16-15-10/h4,6-8H,5,9H2,1-3H3,(H,14,18)(H,16,17). The van der Waals surface area contributed by atoms with E-state index in [4.69, 9.17) is 4.74 Å². The zero-order chi connectivity index (χ0) is 14.3. The molecule has 0 spiro atoms. The van der Waals surface area contributed by atoms with Crippen molar-refractivity contribution in [3.8, 4) is 0 Å². The summed E-state index contributed by atoms with van der Waals surface area (Å²) < 4.78 is 5.09. The van der Waals surface area contributed by atoms with Gasteiger partial charge in [0.2, 0.25) is 0 Å². The Morgan fingerprint density at radius 2 is 2.21 bits per heavy atom. The van der Waals surface area contributed by atoms with Crippen molar-refractivity contribution in [1.29, 1.82) is 0 Å². The van der Waals surface area contributed by atoms with Gasteiger partial charge in [-0.25, -0.2) is 9.89 Å². The summed E-state index contributed by atoms with van der Waals surface area (Å²) in [5.74, 6) is 0. The highest BCUT2D eigenvalue weighted by atomic mass is 16.6. The van der Waals surface area contributed by atoms with E-state index in [9.17, 15) is 9.59 Å². The summed E-state index contributed by atoms with van der Waals surface area (Å²) in [6, 6.07) is 3.03. The van der Waals surface area contributed by atoms with Crippen molar-refractivity contribution < 1.29 is 9.53 Å². The number of H-pyrrole nitrogens is 1. The van der Waals surface area contributed by atoms with Crippen LogP contribution < -0.4 is 10.9 Å². The zero-order valence-corrected chi connectivity index (χ0v) is 11.4. The van der Waals surface area contributed by atoms with Crippen LogP contribution in [0.4, 0.5) is 4.79 Å². The second-order valence-corrected chi connectivity index (χ2v) is 4.97. The molecule has 1 aromatic rings. The molecule has 1 heterocycles. The number of nitrogens with one attached hydrogen (secondary N) is 2. The van der Waals surface area contributed by atoms with Gasteiger partial charge in [-0.05, 0) is 39.3 Å². The van der Waals surface area contributed by atoms with E-state index in [2.05, 4.69) is 15.5 Å². The van der Waals surface area contributed by atoms with Crippen molar-refractivity contribution >= 4 is 12.2 Å². The van der Waals surface area contributed by atoms with Crippen molar-refractivity contribution in [1.82, 2.24) is 15.5 Å². The van der Waals surface area contributed by atoms with E-state index in [-0.39, 0.29) is 5.56 Å². The van der Waals surface area contributed by atoms with Gasteiger partial charge < -0.3 is 10.1 Å². The van der Waals surface area contributed by atoms with Gasteiger partial charge in [-0.3, -0.25) is 4.79 Å². The van der Waals surface area contributed by atoms with Gasteiger partial charge in [-0.1, -0.05) is 6.08 Å². The molecule has 19 heavy (non-hydrogen) atoms. The largest absolute Gasteiger partial charge is 0.444 e. The van der Waals surface area contributed by atoms with E-state index in [1.54, 1.807) is 12.1 Å². The van der Waals surface area contributed by atoms with Crippen LogP contribution in [-0.2, 0) is 4.74 Å². The van der Waals surface area contributed by atoms with Gasteiger partial charge in [0, 0.05) is 12.6 Å². The summed E-state index contributed by atoms with van der Waals surface area (Å²) in [6.45, 7) is 5.92. The average molecular weight is 265 g/mol. The minimum Gasteiger partial charge on any atom is -0.444 e. The Morgan fingerprint density at radius 1 is 1.47 bits per heavy atom. The van der Waals surface area contributed by atoms with Gasteiger partial charge in [0.15, 0.2) is 0 Å². The lowest BCUT2D eigenvalue weighted by molar-refractivity contribution is 0.0529. The Hall–Kier alpha value is -2.11. The first-order valence-electron chi connectivity index (χ1n) is 6.06. The van der Waals surface area contributed by atoms with E-state index < -0.39 is 11.7 Å². The summed E-state index contributed by atoms with van der Waals surface area (Å²) in [6.07, 6.45) is 3.85. The highest BCUT2D eigenvalue weighted by Crippen LogP contribution is 2.06. The number of aromatic amines is 1. The summed E-state index contributed by atoms with van der Waals surface area (Å²) in [7, 11) is 0. The molecule has 1 amide bonds. The number of carbonyl (C=O) groups excluding carboxylic acids is 1. The molecule has 0 aromatic carbocycles. The molecule has 1 rings (SSSR count). The molecule has 0 aliphatic heterocycles. The molecule has 0 aliphatic carbocycles. The minimum absolute atomic E-state index is 0.233. The Balaban J connectivity index is 2.25. The second kappa shape index (κ2) is 6.72. The van der Waals surface area contributed by atoms with Crippen LogP contribution in [0, 0.1) is 0 Å². The number of rotatable bonds is 4. The Labute approximate surface area is 111 Å². The van der Waals surface area contributed by atoms with Crippen molar-refractivity contribution in [3.63, 3.8) is 0 Å². The van der Waals surface area contributed by atoms with E-state index in [1.165, 1.54) is 6.07 Å². The topological polar surface area (TPSA) is 84.1 Å². The molecule has 6 heteroatoms. The van der Waals surface area contributed by atoms with Crippen LogP contribution >= 0.6 is 0 Å². The number of ether oxygens (including phenoxy) is 1. The zero-order valence-electron chi connectivity index (χ0n) is 11.4. The molecule has 0 saturated carbocycles. The number of amides is 1. The maximum Gasteiger partial charge on any atom is 0.407 e. The fourth-order valence-electron chi connectivity index (χ4n) is 1.22. The van der Waals surface area contributed by atoms with E-state index >= 15 is 0 Å². The summed E-state index contributed by atoms with van der Waals surface area (Å²) >= 11 is 0. The first kappa shape index (κ1) is 14.9. The van der Waals surface area contributed by atoms with Gasteiger partial charge in [0.1, 0.15) is 5.60 Å².